The number of aryl methyl sites for hydroxylation is 2. The average molecular weight is 261 g/mol. The van der Waals surface area contributed by atoms with Gasteiger partial charge in [-0.1, -0.05) is 0 Å². The molecule has 0 amide bonds. The van der Waals surface area contributed by atoms with Crippen LogP contribution in [0.3, 0.4) is 0 Å². The van der Waals surface area contributed by atoms with E-state index in [9.17, 15) is 18.0 Å². The van der Waals surface area contributed by atoms with Crippen LogP contribution in [-0.2, 0) is 17.4 Å². The number of carboxylic acid groups (broad SMARTS) is 1. The minimum atomic E-state index is -4.40. The molecule has 0 heterocycles. The summed E-state index contributed by atoms with van der Waals surface area (Å²) in [5, 5.41) is 8.70. The quantitative estimate of drug-likeness (QED) is 0.877. The highest BCUT2D eigenvalue weighted by molar-refractivity contribution is 5.73. The van der Waals surface area contributed by atoms with Gasteiger partial charge in [0.15, 0.2) is 0 Å². The Morgan fingerprint density at radius 1 is 1.33 bits per heavy atom. The van der Waals surface area contributed by atoms with E-state index in [0.29, 0.717) is 16.7 Å². The summed E-state index contributed by atoms with van der Waals surface area (Å²) >= 11 is 0. The van der Waals surface area contributed by atoms with Crippen molar-refractivity contribution in [2.24, 2.45) is 5.73 Å². The molecule has 18 heavy (non-hydrogen) atoms. The highest BCUT2D eigenvalue weighted by atomic mass is 19.4. The summed E-state index contributed by atoms with van der Waals surface area (Å²) in [5.74, 6) is -1.17. The third-order valence-corrected chi connectivity index (χ3v) is 2.76. The number of carbonyl (C=O) groups is 1. The van der Waals surface area contributed by atoms with Gasteiger partial charge in [0.25, 0.3) is 0 Å². The first-order chi connectivity index (χ1) is 8.12. The third-order valence-electron chi connectivity index (χ3n) is 2.76. The van der Waals surface area contributed by atoms with E-state index in [0.717, 1.165) is 12.1 Å². The van der Waals surface area contributed by atoms with E-state index in [4.69, 9.17) is 10.8 Å². The second kappa shape index (κ2) is 4.97. The molecule has 0 saturated carbocycles. The molecule has 0 spiro atoms. The topological polar surface area (TPSA) is 63.3 Å². The normalized spacial score (nSPS) is 13.4. The van der Waals surface area contributed by atoms with Crippen LogP contribution >= 0.6 is 0 Å². The Hall–Kier alpha value is -1.56. The van der Waals surface area contributed by atoms with E-state index in [1.807, 2.05) is 0 Å². The number of aliphatic carboxylic acids is 1. The van der Waals surface area contributed by atoms with Gasteiger partial charge in [-0.2, -0.15) is 13.2 Å². The molecule has 0 radical (unpaired) electrons. The van der Waals surface area contributed by atoms with Crippen molar-refractivity contribution in [3.05, 3.63) is 34.4 Å². The lowest BCUT2D eigenvalue weighted by Crippen LogP contribution is -2.32. The zero-order valence-electron chi connectivity index (χ0n) is 10.0. The molecule has 1 atom stereocenters. The van der Waals surface area contributed by atoms with Crippen LogP contribution in [0.2, 0.25) is 0 Å². The monoisotopic (exact) mass is 261 g/mol. The second-order valence-corrected chi connectivity index (χ2v) is 4.24. The van der Waals surface area contributed by atoms with Crippen LogP contribution in [0.25, 0.3) is 0 Å². The fraction of sp³-hybridized carbons (Fsp3) is 0.417. The molecule has 1 aromatic carbocycles. The molecule has 0 saturated heterocycles. The van der Waals surface area contributed by atoms with E-state index in [2.05, 4.69) is 0 Å². The number of rotatable bonds is 3. The smallest absolute Gasteiger partial charge is 0.416 e. The maximum Gasteiger partial charge on any atom is 0.416 e. The van der Waals surface area contributed by atoms with Crippen molar-refractivity contribution in [1.82, 2.24) is 0 Å². The highest BCUT2D eigenvalue weighted by Gasteiger charge is 2.31. The summed E-state index contributed by atoms with van der Waals surface area (Å²) in [7, 11) is 0. The lowest BCUT2D eigenvalue weighted by Gasteiger charge is -2.16. The van der Waals surface area contributed by atoms with Crippen molar-refractivity contribution in [3.63, 3.8) is 0 Å². The molecule has 3 nitrogen and oxygen atoms in total. The van der Waals surface area contributed by atoms with Gasteiger partial charge in [0.1, 0.15) is 6.04 Å². The molecular formula is C12H14F3NO2. The van der Waals surface area contributed by atoms with Crippen molar-refractivity contribution in [2.45, 2.75) is 32.5 Å². The summed E-state index contributed by atoms with van der Waals surface area (Å²) in [6.45, 7) is 3.04. The summed E-state index contributed by atoms with van der Waals surface area (Å²) in [6, 6.07) is 0.910. The van der Waals surface area contributed by atoms with Gasteiger partial charge in [0.05, 0.1) is 5.56 Å². The Kier molecular flexibility index (Phi) is 4.01. The van der Waals surface area contributed by atoms with E-state index in [1.54, 1.807) is 0 Å². The van der Waals surface area contributed by atoms with Gasteiger partial charge in [0, 0.05) is 0 Å². The lowest BCUT2D eigenvalue weighted by molar-refractivity contribution is -0.139. The Morgan fingerprint density at radius 2 is 1.78 bits per heavy atom. The van der Waals surface area contributed by atoms with Gasteiger partial charge in [-0.15, -0.1) is 0 Å². The van der Waals surface area contributed by atoms with Crippen LogP contribution in [0.15, 0.2) is 12.1 Å². The first-order valence-electron chi connectivity index (χ1n) is 5.28. The van der Waals surface area contributed by atoms with Crippen LogP contribution in [0.5, 0.6) is 0 Å². The molecule has 0 fully saturated rings. The Balaban J connectivity index is 3.13. The van der Waals surface area contributed by atoms with E-state index < -0.39 is 23.8 Å². The molecule has 1 aromatic rings. The van der Waals surface area contributed by atoms with Gasteiger partial charge in [0.2, 0.25) is 0 Å². The van der Waals surface area contributed by atoms with Crippen molar-refractivity contribution in [1.29, 1.82) is 0 Å². The van der Waals surface area contributed by atoms with Crippen LogP contribution in [0, 0.1) is 13.8 Å². The Morgan fingerprint density at radius 3 is 2.11 bits per heavy atom. The maximum absolute atomic E-state index is 12.6. The molecule has 1 rings (SSSR count). The number of alkyl halides is 3. The van der Waals surface area contributed by atoms with Crippen molar-refractivity contribution in [3.8, 4) is 0 Å². The predicted molar refractivity (Wildman–Crippen MR) is 60.2 cm³/mol. The van der Waals surface area contributed by atoms with Gasteiger partial charge in [-0.3, -0.25) is 4.79 Å². The zero-order chi connectivity index (χ0) is 14.1. The van der Waals surface area contributed by atoms with Gasteiger partial charge >= 0.3 is 12.1 Å². The number of benzene rings is 1. The van der Waals surface area contributed by atoms with Crippen LogP contribution in [0.4, 0.5) is 13.2 Å². The van der Waals surface area contributed by atoms with Crippen molar-refractivity contribution in [2.75, 3.05) is 0 Å². The molecule has 0 aliphatic carbocycles. The first kappa shape index (κ1) is 14.5. The summed E-state index contributed by atoms with van der Waals surface area (Å²) in [6.07, 6.45) is -4.38. The molecule has 0 bridgehead atoms. The number of hydrogen-bond donors (Lipinski definition) is 2. The molecule has 1 unspecified atom stereocenters. The fourth-order valence-corrected chi connectivity index (χ4v) is 1.79. The van der Waals surface area contributed by atoms with Gasteiger partial charge < -0.3 is 10.8 Å². The number of halogens is 3. The van der Waals surface area contributed by atoms with Crippen LogP contribution in [0.1, 0.15) is 22.3 Å². The predicted octanol–water partition coefficient (Wildman–Crippen LogP) is 2.28. The van der Waals surface area contributed by atoms with Gasteiger partial charge in [-0.05, 0) is 49.1 Å². The average Bonchev–Trinajstić information content (AvgIpc) is 2.21. The molecular weight excluding hydrogens is 247 g/mol. The van der Waals surface area contributed by atoms with E-state index in [-0.39, 0.29) is 6.42 Å². The first-order valence-corrected chi connectivity index (χ1v) is 5.28. The van der Waals surface area contributed by atoms with E-state index >= 15 is 0 Å². The second-order valence-electron chi connectivity index (χ2n) is 4.24. The summed E-state index contributed by atoms with van der Waals surface area (Å²) < 4.78 is 37.7. The molecule has 0 aliphatic rings. The summed E-state index contributed by atoms with van der Waals surface area (Å²) in [4.78, 5) is 10.6. The van der Waals surface area contributed by atoms with Crippen LogP contribution < -0.4 is 5.73 Å². The molecule has 3 N–H and O–H groups in total. The van der Waals surface area contributed by atoms with Gasteiger partial charge in [-0.25, -0.2) is 0 Å². The summed E-state index contributed by atoms with van der Waals surface area (Å²) in [5.41, 5.74) is 6.01. The number of hydrogen-bond acceptors (Lipinski definition) is 2. The maximum atomic E-state index is 12.6. The minimum Gasteiger partial charge on any atom is -0.480 e. The Bertz CT molecular complexity index is 446. The standard InChI is InChI=1S/C12H14F3NO2/c1-6-3-8(12(13,14)15)4-7(2)9(6)5-10(16)11(17)18/h3-4,10H,5,16H2,1-2H3,(H,17,18). The van der Waals surface area contributed by atoms with Crippen molar-refractivity contribution >= 4 is 5.97 Å². The molecule has 0 aliphatic heterocycles. The lowest BCUT2D eigenvalue weighted by atomic mass is 9.94. The highest BCUT2D eigenvalue weighted by Crippen LogP contribution is 2.32. The zero-order valence-corrected chi connectivity index (χ0v) is 10.0. The SMILES string of the molecule is Cc1cc(C(F)(F)F)cc(C)c1CC(N)C(=O)O. The molecule has 6 heteroatoms. The van der Waals surface area contributed by atoms with Crippen molar-refractivity contribution < 1.29 is 23.1 Å². The number of nitrogens with two attached hydrogens (primary N) is 1. The Labute approximate surface area is 102 Å². The van der Waals surface area contributed by atoms with E-state index in [1.165, 1.54) is 13.8 Å². The molecule has 0 aromatic heterocycles. The number of carboxylic acids is 1. The third kappa shape index (κ3) is 3.22. The largest absolute Gasteiger partial charge is 0.480 e. The molecule has 100 valence electrons. The van der Waals surface area contributed by atoms with Crippen LogP contribution in [-0.4, -0.2) is 17.1 Å². The minimum absolute atomic E-state index is 0.0190. The fourth-order valence-electron chi connectivity index (χ4n) is 1.79.